The van der Waals surface area contributed by atoms with E-state index in [2.05, 4.69) is 10.3 Å². The van der Waals surface area contributed by atoms with Gasteiger partial charge in [-0.15, -0.1) is 11.3 Å². The minimum Gasteiger partial charge on any atom is -0.467 e. The Balaban J connectivity index is 1.50. The average molecular weight is 372 g/mol. The number of hydrogen-bond donors (Lipinski definition) is 1. The number of thiazole rings is 1. The van der Waals surface area contributed by atoms with E-state index in [1.54, 1.807) is 12.3 Å². The number of carbonyl (C=O) groups is 1. The number of aromatic nitrogens is 2. The van der Waals surface area contributed by atoms with Crippen LogP contribution in [0, 0.1) is 0 Å². The summed E-state index contributed by atoms with van der Waals surface area (Å²) in [5.41, 5.74) is 2.76. The number of nitrogens with one attached hydrogen (secondary N) is 1. The normalized spacial score (nSPS) is 11.1. The molecule has 1 amide bonds. The van der Waals surface area contributed by atoms with E-state index in [-0.39, 0.29) is 12.3 Å². The van der Waals surface area contributed by atoms with Gasteiger partial charge in [-0.25, -0.2) is 4.98 Å². The maximum absolute atomic E-state index is 12.2. The molecule has 0 saturated carbocycles. The van der Waals surface area contributed by atoms with Crippen LogP contribution in [0.1, 0.15) is 11.5 Å². The Labute approximate surface area is 152 Å². The zero-order chi connectivity index (χ0) is 17.2. The second-order valence-corrected chi connectivity index (χ2v) is 6.82. The van der Waals surface area contributed by atoms with Gasteiger partial charge in [0.25, 0.3) is 0 Å². The maximum Gasteiger partial charge on any atom is 0.226 e. The fraction of sp³-hybridized carbons (Fsp3) is 0.111. The number of imidazole rings is 1. The van der Waals surface area contributed by atoms with Crippen LogP contribution in [0.5, 0.6) is 0 Å². The third-order valence-electron chi connectivity index (χ3n) is 3.80. The fourth-order valence-corrected chi connectivity index (χ4v) is 3.54. The molecule has 4 rings (SSSR count). The minimum atomic E-state index is -0.0576. The van der Waals surface area contributed by atoms with Gasteiger partial charge in [-0.2, -0.15) is 0 Å². The highest BCUT2D eigenvalue weighted by Crippen LogP contribution is 2.25. The standard InChI is InChI=1S/C18H14ClN3O2S/c19-13-5-3-12(4-6-13)16-10-22-14(11-25-18(22)21-16)8-17(23)20-9-15-2-1-7-24-15/h1-7,10-11H,8-9H2,(H,20,23). The first kappa shape index (κ1) is 15.9. The lowest BCUT2D eigenvalue weighted by Crippen LogP contribution is -2.24. The van der Waals surface area contributed by atoms with Gasteiger partial charge in [0.05, 0.1) is 24.9 Å². The van der Waals surface area contributed by atoms with Crippen molar-refractivity contribution in [2.75, 3.05) is 0 Å². The van der Waals surface area contributed by atoms with Crippen LogP contribution in [-0.4, -0.2) is 15.3 Å². The molecule has 1 N–H and O–H groups in total. The van der Waals surface area contributed by atoms with E-state index >= 15 is 0 Å². The number of benzene rings is 1. The van der Waals surface area contributed by atoms with Crippen molar-refractivity contribution in [3.63, 3.8) is 0 Å². The highest BCUT2D eigenvalue weighted by Gasteiger charge is 2.12. The van der Waals surface area contributed by atoms with Crippen molar-refractivity contribution in [1.29, 1.82) is 0 Å². The van der Waals surface area contributed by atoms with Crippen molar-refractivity contribution >= 4 is 33.8 Å². The number of halogens is 1. The van der Waals surface area contributed by atoms with Crippen LogP contribution < -0.4 is 5.32 Å². The summed E-state index contributed by atoms with van der Waals surface area (Å²) < 4.78 is 7.17. The molecule has 4 aromatic rings. The molecule has 0 bridgehead atoms. The zero-order valence-corrected chi connectivity index (χ0v) is 14.7. The van der Waals surface area contributed by atoms with E-state index in [0.717, 1.165) is 27.7 Å². The molecule has 0 saturated heterocycles. The van der Waals surface area contributed by atoms with Crippen molar-refractivity contribution in [3.05, 3.63) is 70.7 Å². The Morgan fingerprint density at radius 2 is 2.12 bits per heavy atom. The van der Waals surface area contributed by atoms with Crippen molar-refractivity contribution < 1.29 is 9.21 Å². The first-order chi connectivity index (χ1) is 12.2. The second kappa shape index (κ2) is 6.74. The smallest absolute Gasteiger partial charge is 0.226 e. The van der Waals surface area contributed by atoms with Crippen LogP contribution in [0.4, 0.5) is 0 Å². The number of fused-ring (bicyclic) bond motifs is 1. The van der Waals surface area contributed by atoms with E-state index in [4.69, 9.17) is 16.0 Å². The number of carbonyl (C=O) groups excluding carboxylic acids is 1. The van der Waals surface area contributed by atoms with Gasteiger partial charge in [0.1, 0.15) is 5.76 Å². The Morgan fingerprint density at radius 3 is 2.88 bits per heavy atom. The SMILES string of the molecule is O=C(Cc1csc2nc(-c3ccc(Cl)cc3)cn12)NCc1ccco1. The van der Waals surface area contributed by atoms with Gasteiger partial charge in [-0.1, -0.05) is 23.7 Å². The first-order valence-corrected chi connectivity index (χ1v) is 8.95. The highest BCUT2D eigenvalue weighted by molar-refractivity contribution is 7.15. The van der Waals surface area contributed by atoms with Crippen molar-refractivity contribution in [1.82, 2.24) is 14.7 Å². The van der Waals surface area contributed by atoms with Gasteiger partial charge in [0.15, 0.2) is 4.96 Å². The van der Waals surface area contributed by atoms with Crippen LogP contribution in [0.2, 0.25) is 5.02 Å². The molecule has 0 unspecified atom stereocenters. The monoisotopic (exact) mass is 371 g/mol. The Bertz CT molecular complexity index is 1000. The maximum atomic E-state index is 12.2. The minimum absolute atomic E-state index is 0.0576. The summed E-state index contributed by atoms with van der Waals surface area (Å²) in [5.74, 6) is 0.675. The lowest BCUT2D eigenvalue weighted by molar-refractivity contribution is -0.120. The fourth-order valence-electron chi connectivity index (χ4n) is 2.54. The molecule has 1 aromatic carbocycles. The predicted octanol–water partition coefficient (Wildman–Crippen LogP) is 4.17. The molecule has 0 fully saturated rings. The molecule has 126 valence electrons. The van der Waals surface area contributed by atoms with Gasteiger partial charge < -0.3 is 9.73 Å². The zero-order valence-electron chi connectivity index (χ0n) is 13.1. The molecule has 0 radical (unpaired) electrons. The van der Waals surface area contributed by atoms with Gasteiger partial charge in [-0.05, 0) is 24.3 Å². The topological polar surface area (TPSA) is 59.5 Å². The second-order valence-electron chi connectivity index (χ2n) is 5.55. The van der Waals surface area contributed by atoms with Crippen LogP contribution in [-0.2, 0) is 17.8 Å². The van der Waals surface area contributed by atoms with E-state index in [1.807, 2.05) is 46.3 Å². The summed E-state index contributed by atoms with van der Waals surface area (Å²) in [4.78, 5) is 17.6. The molecule has 0 spiro atoms. The van der Waals surface area contributed by atoms with Gasteiger partial charge in [0, 0.05) is 27.9 Å². The Morgan fingerprint density at radius 1 is 1.28 bits per heavy atom. The summed E-state index contributed by atoms with van der Waals surface area (Å²) in [6.45, 7) is 0.388. The summed E-state index contributed by atoms with van der Waals surface area (Å²) in [7, 11) is 0. The molecule has 3 heterocycles. The van der Waals surface area contributed by atoms with Crippen molar-refractivity contribution in [3.8, 4) is 11.3 Å². The molecule has 7 heteroatoms. The summed E-state index contributed by atoms with van der Waals surface area (Å²) in [5, 5.41) is 5.51. The largest absolute Gasteiger partial charge is 0.467 e. The molecule has 0 aliphatic carbocycles. The molecular weight excluding hydrogens is 358 g/mol. The van der Waals surface area contributed by atoms with Crippen LogP contribution in [0.3, 0.4) is 0 Å². The summed E-state index contributed by atoms with van der Waals surface area (Å²) >= 11 is 7.45. The van der Waals surface area contributed by atoms with Crippen LogP contribution >= 0.6 is 22.9 Å². The van der Waals surface area contributed by atoms with Gasteiger partial charge >= 0.3 is 0 Å². The highest BCUT2D eigenvalue weighted by atomic mass is 35.5. The summed E-state index contributed by atoms with van der Waals surface area (Å²) in [6, 6.07) is 11.2. The van der Waals surface area contributed by atoms with Crippen LogP contribution in [0.25, 0.3) is 16.2 Å². The molecule has 5 nitrogen and oxygen atoms in total. The van der Waals surface area contributed by atoms with Gasteiger partial charge in [0.2, 0.25) is 5.91 Å². The quantitative estimate of drug-likeness (QED) is 0.572. The summed E-state index contributed by atoms with van der Waals surface area (Å²) in [6.07, 6.45) is 3.83. The molecule has 0 aliphatic rings. The number of nitrogens with zero attached hydrogens (tertiary/aromatic N) is 2. The Kier molecular flexibility index (Phi) is 4.29. The van der Waals surface area contributed by atoms with E-state index in [0.29, 0.717) is 11.6 Å². The number of amides is 1. The molecule has 25 heavy (non-hydrogen) atoms. The first-order valence-electron chi connectivity index (χ1n) is 7.69. The average Bonchev–Trinajstić information content (AvgIpc) is 3.32. The van der Waals surface area contributed by atoms with Crippen molar-refractivity contribution in [2.24, 2.45) is 0 Å². The molecular formula is C18H14ClN3O2S. The number of furan rings is 1. The lowest BCUT2D eigenvalue weighted by atomic mass is 10.2. The van der Waals surface area contributed by atoms with E-state index in [9.17, 15) is 4.79 Å². The number of hydrogen-bond acceptors (Lipinski definition) is 4. The molecule has 3 aromatic heterocycles. The van der Waals surface area contributed by atoms with Gasteiger partial charge in [-0.3, -0.25) is 9.20 Å². The lowest BCUT2D eigenvalue weighted by Gasteiger charge is -2.02. The number of rotatable bonds is 5. The Hall–Kier alpha value is -2.57. The molecule has 0 atom stereocenters. The van der Waals surface area contributed by atoms with E-state index in [1.165, 1.54) is 11.3 Å². The third kappa shape index (κ3) is 3.45. The predicted molar refractivity (Wildman–Crippen MR) is 97.8 cm³/mol. The van der Waals surface area contributed by atoms with E-state index < -0.39 is 0 Å². The third-order valence-corrected chi connectivity index (χ3v) is 4.95. The van der Waals surface area contributed by atoms with Crippen LogP contribution in [0.15, 0.2) is 58.7 Å². The van der Waals surface area contributed by atoms with Crippen molar-refractivity contribution in [2.45, 2.75) is 13.0 Å². The molecule has 0 aliphatic heterocycles.